The van der Waals surface area contributed by atoms with Gasteiger partial charge in [0, 0.05) is 24.7 Å². The summed E-state index contributed by atoms with van der Waals surface area (Å²) in [4.78, 5) is 2.38. The lowest BCUT2D eigenvalue weighted by Gasteiger charge is -2.31. The summed E-state index contributed by atoms with van der Waals surface area (Å²) in [5.41, 5.74) is 7.16. The van der Waals surface area contributed by atoms with Crippen LogP contribution < -0.4 is 10.5 Å². The summed E-state index contributed by atoms with van der Waals surface area (Å²) in [6.45, 7) is 5.54. The molecule has 1 aliphatic heterocycles. The molecule has 0 aromatic heterocycles. The molecule has 2 N–H and O–H groups in total. The molecule has 1 heterocycles. The van der Waals surface area contributed by atoms with E-state index in [1.807, 2.05) is 19.1 Å². The third kappa shape index (κ3) is 4.53. The number of hydrogen-bond acceptors (Lipinski definition) is 3. The van der Waals surface area contributed by atoms with Gasteiger partial charge in [-0.05, 0) is 32.4 Å². The van der Waals surface area contributed by atoms with Crippen molar-refractivity contribution in [3.63, 3.8) is 0 Å². The minimum atomic E-state index is 0. The minimum absolute atomic E-state index is 0. The standard InChI is InChI=1S/C14H21ClN2O.ClH/c1-2-18-14-11(5-3-7-13(14)15)9-17-8-4-6-12(16)10-17;/h3,5,7,12H,2,4,6,8-10,16H2,1H3;1H/t12-;/m1./s1. The molecule has 0 unspecified atom stereocenters. The second-order valence-corrected chi connectivity index (χ2v) is 5.21. The van der Waals surface area contributed by atoms with E-state index in [2.05, 4.69) is 11.0 Å². The van der Waals surface area contributed by atoms with Crippen LogP contribution in [0.15, 0.2) is 18.2 Å². The van der Waals surface area contributed by atoms with Crippen molar-refractivity contribution in [1.29, 1.82) is 0 Å². The first kappa shape index (κ1) is 16.6. The first-order valence-electron chi connectivity index (χ1n) is 6.58. The molecule has 1 aromatic rings. The average Bonchev–Trinajstić information content (AvgIpc) is 2.34. The van der Waals surface area contributed by atoms with Crippen molar-refractivity contribution in [3.8, 4) is 5.75 Å². The predicted octanol–water partition coefficient (Wildman–Crippen LogP) is 3.08. The molecule has 1 saturated heterocycles. The van der Waals surface area contributed by atoms with Crippen LogP contribution in [0.25, 0.3) is 0 Å². The maximum Gasteiger partial charge on any atom is 0.142 e. The molecule has 0 aliphatic carbocycles. The first-order chi connectivity index (χ1) is 8.70. The molecule has 1 aromatic carbocycles. The van der Waals surface area contributed by atoms with E-state index in [1.54, 1.807) is 0 Å². The Morgan fingerprint density at radius 3 is 2.95 bits per heavy atom. The zero-order valence-corrected chi connectivity index (χ0v) is 12.8. The fourth-order valence-electron chi connectivity index (χ4n) is 2.46. The van der Waals surface area contributed by atoms with Gasteiger partial charge in [-0.15, -0.1) is 12.4 Å². The number of likely N-dealkylation sites (tertiary alicyclic amines) is 1. The second kappa shape index (κ2) is 7.95. The Kier molecular flexibility index (Phi) is 6.94. The number of benzene rings is 1. The molecule has 0 saturated carbocycles. The number of hydrogen-bond donors (Lipinski definition) is 1. The normalized spacial score (nSPS) is 19.8. The Morgan fingerprint density at radius 2 is 2.26 bits per heavy atom. The molecule has 108 valence electrons. The zero-order valence-electron chi connectivity index (χ0n) is 11.3. The van der Waals surface area contributed by atoms with Gasteiger partial charge in [0.05, 0.1) is 11.6 Å². The van der Waals surface area contributed by atoms with Gasteiger partial charge in [0.25, 0.3) is 0 Å². The number of rotatable bonds is 4. The lowest BCUT2D eigenvalue weighted by Crippen LogP contribution is -2.42. The SMILES string of the molecule is CCOc1c(Cl)cccc1CN1CCC[C@@H](N)C1.Cl. The lowest BCUT2D eigenvalue weighted by molar-refractivity contribution is 0.198. The van der Waals surface area contributed by atoms with Crippen LogP contribution in [0.2, 0.25) is 5.02 Å². The van der Waals surface area contributed by atoms with Crippen molar-refractivity contribution in [2.45, 2.75) is 32.4 Å². The van der Waals surface area contributed by atoms with Crippen LogP contribution in [0.4, 0.5) is 0 Å². The lowest BCUT2D eigenvalue weighted by atomic mass is 10.1. The Morgan fingerprint density at radius 1 is 1.47 bits per heavy atom. The molecule has 0 amide bonds. The molecule has 19 heavy (non-hydrogen) atoms. The summed E-state index contributed by atoms with van der Waals surface area (Å²) in [5.74, 6) is 0.820. The van der Waals surface area contributed by atoms with E-state index in [4.69, 9.17) is 22.1 Å². The average molecular weight is 305 g/mol. The number of ether oxygens (including phenoxy) is 1. The van der Waals surface area contributed by atoms with Gasteiger partial charge in [0.15, 0.2) is 0 Å². The highest BCUT2D eigenvalue weighted by Crippen LogP contribution is 2.30. The molecule has 0 spiro atoms. The third-order valence-corrected chi connectivity index (χ3v) is 3.57. The highest BCUT2D eigenvalue weighted by molar-refractivity contribution is 6.32. The quantitative estimate of drug-likeness (QED) is 0.929. The Labute approximate surface area is 126 Å². The van der Waals surface area contributed by atoms with Crippen LogP contribution in [0, 0.1) is 0 Å². The number of nitrogens with two attached hydrogens (primary N) is 1. The van der Waals surface area contributed by atoms with Gasteiger partial charge < -0.3 is 10.5 Å². The number of para-hydroxylation sites is 1. The molecule has 3 nitrogen and oxygen atoms in total. The van der Waals surface area contributed by atoms with Crippen LogP contribution in [0.3, 0.4) is 0 Å². The molecule has 0 radical (unpaired) electrons. The van der Waals surface area contributed by atoms with E-state index in [0.717, 1.165) is 37.4 Å². The summed E-state index contributed by atoms with van der Waals surface area (Å²) in [6, 6.07) is 6.23. The van der Waals surface area contributed by atoms with E-state index >= 15 is 0 Å². The summed E-state index contributed by atoms with van der Waals surface area (Å²) in [6.07, 6.45) is 2.30. The van der Waals surface area contributed by atoms with Crippen molar-refractivity contribution in [2.75, 3.05) is 19.7 Å². The van der Waals surface area contributed by atoms with Crippen molar-refractivity contribution >= 4 is 24.0 Å². The van der Waals surface area contributed by atoms with Crippen molar-refractivity contribution < 1.29 is 4.74 Å². The maximum atomic E-state index is 6.19. The van der Waals surface area contributed by atoms with E-state index < -0.39 is 0 Å². The van der Waals surface area contributed by atoms with E-state index in [0.29, 0.717) is 17.7 Å². The summed E-state index contributed by atoms with van der Waals surface area (Å²) in [7, 11) is 0. The van der Waals surface area contributed by atoms with E-state index in [-0.39, 0.29) is 12.4 Å². The van der Waals surface area contributed by atoms with Gasteiger partial charge in [0.1, 0.15) is 5.75 Å². The molecular weight excluding hydrogens is 283 g/mol. The first-order valence-corrected chi connectivity index (χ1v) is 6.96. The minimum Gasteiger partial charge on any atom is -0.492 e. The Bertz CT molecular complexity index is 401. The highest BCUT2D eigenvalue weighted by atomic mass is 35.5. The molecule has 1 fully saturated rings. The van der Waals surface area contributed by atoms with Gasteiger partial charge in [0.2, 0.25) is 0 Å². The topological polar surface area (TPSA) is 38.5 Å². The smallest absolute Gasteiger partial charge is 0.142 e. The van der Waals surface area contributed by atoms with Crippen LogP contribution in [-0.4, -0.2) is 30.6 Å². The fourth-order valence-corrected chi connectivity index (χ4v) is 2.71. The maximum absolute atomic E-state index is 6.19. The van der Waals surface area contributed by atoms with E-state index in [9.17, 15) is 0 Å². The zero-order chi connectivity index (χ0) is 13.0. The Hall–Kier alpha value is -0.480. The van der Waals surface area contributed by atoms with Crippen molar-refractivity contribution in [2.24, 2.45) is 5.73 Å². The van der Waals surface area contributed by atoms with Crippen LogP contribution in [-0.2, 0) is 6.54 Å². The summed E-state index contributed by atoms with van der Waals surface area (Å²) >= 11 is 6.19. The molecule has 1 aliphatic rings. The van der Waals surface area contributed by atoms with Crippen LogP contribution in [0.5, 0.6) is 5.75 Å². The highest BCUT2D eigenvalue weighted by Gasteiger charge is 2.18. The van der Waals surface area contributed by atoms with Gasteiger partial charge >= 0.3 is 0 Å². The van der Waals surface area contributed by atoms with Gasteiger partial charge in [-0.3, -0.25) is 4.90 Å². The number of piperidine rings is 1. The number of halogens is 2. The molecule has 0 bridgehead atoms. The monoisotopic (exact) mass is 304 g/mol. The second-order valence-electron chi connectivity index (χ2n) is 4.80. The molecule has 5 heteroatoms. The predicted molar refractivity (Wildman–Crippen MR) is 82.4 cm³/mol. The van der Waals surface area contributed by atoms with Crippen molar-refractivity contribution in [1.82, 2.24) is 4.90 Å². The van der Waals surface area contributed by atoms with Crippen LogP contribution >= 0.6 is 24.0 Å². The molecule has 1 atom stereocenters. The molecule has 2 rings (SSSR count). The van der Waals surface area contributed by atoms with Crippen LogP contribution in [0.1, 0.15) is 25.3 Å². The van der Waals surface area contributed by atoms with Gasteiger partial charge in [-0.25, -0.2) is 0 Å². The van der Waals surface area contributed by atoms with Gasteiger partial charge in [-0.1, -0.05) is 23.7 Å². The summed E-state index contributed by atoms with van der Waals surface area (Å²) in [5, 5.41) is 0.690. The largest absolute Gasteiger partial charge is 0.492 e. The Balaban J connectivity index is 0.00000180. The fraction of sp³-hybridized carbons (Fsp3) is 0.571. The van der Waals surface area contributed by atoms with Gasteiger partial charge in [-0.2, -0.15) is 0 Å². The van der Waals surface area contributed by atoms with Crippen molar-refractivity contribution in [3.05, 3.63) is 28.8 Å². The number of nitrogens with zero attached hydrogens (tertiary/aromatic N) is 1. The summed E-state index contributed by atoms with van der Waals surface area (Å²) < 4.78 is 5.65. The molecular formula is C14H22Cl2N2O. The third-order valence-electron chi connectivity index (χ3n) is 3.27. The van der Waals surface area contributed by atoms with E-state index in [1.165, 1.54) is 6.42 Å².